The number of hydrogen-bond donors (Lipinski definition) is 1. The highest BCUT2D eigenvalue weighted by molar-refractivity contribution is 9.10. The van der Waals surface area contributed by atoms with Gasteiger partial charge in [-0.05, 0) is 43.1 Å². The molecule has 0 bridgehead atoms. The lowest BCUT2D eigenvalue weighted by molar-refractivity contribution is 0.413. The average molecular weight is 352 g/mol. The Morgan fingerprint density at radius 2 is 2.24 bits per heavy atom. The second-order valence-electron chi connectivity index (χ2n) is 5.10. The van der Waals surface area contributed by atoms with Gasteiger partial charge in [0.15, 0.2) is 0 Å². The number of methoxy groups -OCH3 is 1. The van der Waals surface area contributed by atoms with Gasteiger partial charge in [-0.2, -0.15) is 0 Å². The predicted molar refractivity (Wildman–Crippen MR) is 88.6 cm³/mol. The molecule has 114 valence electrons. The number of nitrogens with one attached hydrogen (secondary N) is 1. The number of ether oxygens (including phenoxy) is 1. The SMILES string of the molecule is CCCNC(Cc1cc(OC)ccc1Br)c1cncn1C. The summed E-state index contributed by atoms with van der Waals surface area (Å²) in [6.07, 6.45) is 5.77. The van der Waals surface area contributed by atoms with E-state index >= 15 is 0 Å². The molecule has 0 aliphatic rings. The fourth-order valence-electron chi connectivity index (χ4n) is 2.36. The molecule has 0 spiro atoms. The maximum absolute atomic E-state index is 5.33. The zero-order valence-corrected chi connectivity index (χ0v) is 14.4. The van der Waals surface area contributed by atoms with Crippen LogP contribution in [0.4, 0.5) is 0 Å². The van der Waals surface area contributed by atoms with Gasteiger partial charge in [-0.25, -0.2) is 4.98 Å². The van der Waals surface area contributed by atoms with E-state index in [2.05, 4.69) is 43.8 Å². The van der Waals surface area contributed by atoms with Crippen LogP contribution in [0.2, 0.25) is 0 Å². The van der Waals surface area contributed by atoms with E-state index < -0.39 is 0 Å². The fraction of sp³-hybridized carbons (Fsp3) is 0.438. The minimum Gasteiger partial charge on any atom is -0.497 e. The summed E-state index contributed by atoms with van der Waals surface area (Å²) >= 11 is 3.63. The van der Waals surface area contributed by atoms with E-state index in [0.29, 0.717) is 0 Å². The van der Waals surface area contributed by atoms with Gasteiger partial charge in [0.05, 0.1) is 25.2 Å². The second kappa shape index (κ2) is 7.61. The summed E-state index contributed by atoms with van der Waals surface area (Å²) in [5.41, 5.74) is 2.42. The Hall–Kier alpha value is -1.33. The van der Waals surface area contributed by atoms with Gasteiger partial charge in [-0.3, -0.25) is 0 Å². The standard InChI is InChI=1S/C16H22BrN3O/c1-4-7-19-15(16-10-18-11-20(16)2)9-12-8-13(21-3)5-6-14(12)17/h5-6,8,10-11,15,19H,4,7,9H2,1-3H3. The van der Waals surface area contributed by atoms with Crippen molar-refractivity contribution in [2.24, 2.45) is 7.05 Å². The molecule has 5 heteroatoms. The summed E-state index contributed by atoms with van der Waals surface area (Å²) in [5.74, 6) is 0.882. The first-order chi connectivity index (χ1) is 10.2. The van der Waals surface area contributed by atoms with Crippen molar-refractivity contribution < 1.29 is 4.74 Å². The highest BCUT2D eigenvalue weighted by Crippen LogP contribution is 2.27. The summed E-state index contributed by atoms with van der Waals surface area (Å²) < 4.78 is 8.50. The lowest BCUT2D eigenvalue weighted by Gasteiger charge is -2.20. The molecule has 2 aromatic rings. The van der Waals surface area contributed by atoms with Gasteiger partial charge >= 0.3 is 0 Å². The largest absolute Gasteiger partial charge is 0.497 e. The van der Waals surface area contributed by atoms with Gasteiger partial charge in [-0.1, -0.05) is 22.9 Å². The van der Waals surface area contributed by atoms with E-state index in [4.69, 9.17) is 4.74 Å². The van der Waals surface area contributed by atoms with Crippen LogP contribution in [-0.2, 0) is 13.5 Å². The normalized spacial score (nSPS) is 12.4. The van der Waals surface area contributed by atoms with Crippen molar-refractivity contribution in [1.29, 1.82) is 0 Å². The van der Waals surface area contributed by atoms with Gasteiger partial charge in [-0.15, -0.1) is 0 Å². The number of aryl methyl sites for hydroxylation is 1. The van der Waals surface area contributed by atoms with Crippen LogP contribution in [0.1, 0.15) is 30.6 Å². The molecule has 0 aliphatic carbocycles. The van der Waals surface area contributed by atoms with Crippen LogP contribution < -0.4 is 10.1 Å². The maximum Gasteiger partial charge on any atom is 0.119 e. The summed E-state index contributed by atoms with van der Waals surface area (Å²) in [5, 5.41) is 3.60. The third kappa shape index (κ3) is 4.08. The molecule has 0 radical (unpaired) electrons. The van der Waals surface area contributed by atoms with Gasteiger partial charge < -0.3 is 14.6 Å². The Balaban J connectivity index is 2.24. The van der Waals surface area contributed by atoms with Crippen LogP contribution >= 0.6 is 15.9 Å². The van der Waals surface area contributed by atoms with Crippen LogP contribution in [0.15, 0.2) is 35.2 Å². The zero-order valence-electron chi connectivity index (χ0n) is 12.8. The first-order valence-corrected chi connectivity index (χ1v) is 7.97. The Morgan fingerprint density at radius 3 is 2.86 bits per heavy atom. The molecule has 1 atom stereocenters. The molecule has 0 saturated heterocycles. The summed E-state index contributed by atoms with van der Waals surface area (Å²) in [7, 11) is 3.73. The van der Waals surface area contributed by atoms with Crippen molar-refractivity contribution in [2.75, 3.05) is 13.7 Å². The molecular weight excluding hydrogens is 330 g/mol. The topological polar surface area (TPSA) is 39.1 Å². The molecule has 0 saturated carbocycles. The second-order valence-corrected chi connectivity index (χ2v) is 5.95. The number of rotatable bonds is 7. The summed E-state index contributed by atoms with van der Waals surface area (Å²) in [6.45, 7) is 3.16. The number of imidazole rings is 1. The van der Waals surface area contributed by atoms with E-state index in [-0.39, 0.29) is 6.04 Å². The molecule has 1 unspecified atom stereocenters. The smallest absolute Gasteiger partial charge is 0.119 e. The molecular formula is C16H22BrN3O. The fourth-order valence-corrected chi connectivity index (χ4v) is 2.77. The van der Waals surface area contributed by atoms with Crippen molar-refractivity contribution >= 4 is 15.9 Å². The highest BCUT2D eigenvalue weighted by Gasteiger charge is 2.16. The number of nitrogens with zero attached hydrogens (tertiary/aromatic N) is 2. The van der Waals surface area contributed by atoms with Crippen LogP contribution in [0.5, 0.6) is 5.75 Å². The van der Waals surface area contributed by atoms with Crippen molar-refractivity contribution in [2.45, 2.75) is 25.8 Å². The Morgan fingerprint density at radius 1 is 1.43 bits per heavy atom. The average Bonchev–Trinajstić information content (AvgIpc) is 2.91. The van der Waals surface area contributed by atoms with Crippen LogP contribution in [-0.4, -0.2) is 23.2 Å². The number of benzene rings is 1. The molecule has 1 heterocycles. The molecule has 2 rings (SSSR count). The predicted octanol–water partition coefficient (Wildman–Crippen LogP) is 3.47. The van der Waals surface area contributed by atoms with Crippen molar-refractivity contribution in [3.8, 4) is 5.75 Å². The molecule has 0 fully saturated rings. The quantitative estimate of drug-likeness (QED) is 0.829. The third-order valence-corrected chi connectivity index (χ3v) is 4.30. The first-order valence-electron chi connectivity index (χ1n) is 7.17. The third-order valence-electron chi connectivity index (χ3n) is 3.53. The molecule has 1 aromatic heterocycles. The molecule has 0 aliphatic heterocycles. The Bertz CT molecular complexity index is 583. The van der Waals surface area contributed by atoms with Crippen LogP contribution in [0.25, 0.3) is 0 Å². The maximum atomic E-state index is 5.33. The van der Waals surface area contributed by atoms with E-state index in [0.717, 1.165) is 29.6 Å². The first kappa shape index (κ1) is 16.0. The van der Waals surface area contributed by atoms with Crippen molar-refractivity contribution in [3.05, 3.63) is 46.5 Å². The molecule has 1 aromatic carbocycles. The highest BCUT2D eigenvalue weighted by atomic mass is 79.9. The summed E-state index contributed by atoms with van der Waals surface area (Å²) in [4.78, 5) is 4.24. The number of hydrogen-bond acceptors (Lipinski definition) is 3. The molecule has 4 nitrogen and oxygen atoms in total. The lowest BCUT2D eigenvalue weighted by Crippen LogP contribution is -2.26. The van der Waals surface area contributed by atoms with Crippen molar-refractivity contribution in [1.82, 2.24) is 14.9 Å². The van der Waals surface area contributed by atoms with Crippen LogP contribution in [0.3, 0.4) is 0 Å². The van der Waals surface area contributed by atoms with E-state index in [9.17, 15) is 0 Å². The van der Waals surface area contributed by atoms with Gasteiger partial charge in [0.1, 0.15) is 5.75 Å². The number of aromatic nitrogens is 2. The lowest BCUT2D eigenvalue weighted by atomic mass is 10.0. The monoisotopic (exact) mass is 351 g/mol. The minimum absolute atomic E-state index is 0.237. The molecule has 0 amide bonds. The Labute approximate surface area is 134 Å². The molecule has 21 heavy (non-hydrogen) atoms. The Kier molecular flexibility index (Phi) is 5.82. The number of halogens is 1. The minimum atomic E-state index is 0.237. The van der Waals surface area contributed by atoms with E-state index in [1.807, 2.05) is 31.7 Å². The van der Waals surface area contributed by atoms with Crippen molar-refractivity contribution in [3.63, 3.8) is 0 Å². The van der Waals surface area contributed by atoms with E-state index in [1.54, 1.807) is 7.11 Å². The zero-order chi connectivity index (χ0) is 15.2. The van der Waals surface area contributed by atoms with Gasteiger partial charge in [0.2, 0.25) is 0 Å². The summed E-state index contributed by atoms with van der Waals surface area (Å²) in [6, 6.07) is 6.32. The van der Waals surface area contributed by atoms with Gasteiger partial charge in [0.25, 0.3) is 0 Å². The van der Waals surface area contributed by atoms with Crippen LogP contribution in [0, 0.1) is 0 Å². The molecule has 1 N–H and O–H groups in total. The van der Waals surface area contributed by atoms with Gasteiger partial charge in [0, 0.05) is 17.7 Å². The van der Waals surface area contributed by atoms with E-state index in [1.165, 1.54) is 11.3 Å².